The van der Waals surface area contributed by atoms with Gasteiger partial charge < -0.3 is 5.32 Å². The largest absolute Gasteiger partial charge is 0.344 e. The molecule has 1 atom stereocenters. The van der Waals surface area contributed by atoms with Crippen LogP contribution in [0.3, 0.4) is 0 Å². The van der Waals surface area contributed by atoms with E-state index in [0.29, 0.717) is 10.0 Å². The summed E-state index contributed by atoms with van der Waals surface area (Å²) < 4.78 is 3.82. The molecule has 1 N–H and O–H groups in total. The molecule has 0 amide bonds. The van der Waals surface area contributed by atoms with E-state index in [1.165, 1.54) is 5.56 Å². The highest BCUT2D eigenvalue weighted by atomic mass is 35.5. The number of aryl methyl sites for hydroxylation is 2. The summed E-state index contributed by atoms with van der Waals surface area (Å²) in [5.74, 6) is 1.65. The second-order valence-corrected chi connectivity index (χ2v) is 8.50. The Morgan fingerprint density at radius 3 is 2.45 bits per heavy atom. The molecule has 1 aliphatic rings. The summed E-state index contributed by atoms with van der Waals surface area (Å²) in [5.41, 5.74) is 5.95. The van der Waals surface area contributed by atoms with Crippen molar-refractivity contribution in [2.75, 3.05) is 5.32 Å². The number of nitrogens with zero attached hydrogens (tertiary/aromatic N) is 5. The number of fused-ring (bicyclic) bond motifs is 1. The lowest BCUT2D eigenvalue weighted by Crippen LogP contribution is -2.25. The van der Waals surface area contributed by atoms with Gasteiger partial charge in [-0.25, -0.2) is 14.3 Å². The molecule has 1 aliphatic heterocycles. The minimum Gasteiger partial charge on any atom is -0.344 e. The Bertz CT molecular complexity index is 1320. The minimum absolute atomic E-state index is 0.242. The van der Waals surface area contributed by atoms with Gasteiger partial charge in [0.25, 0.3) is 0 Å². The second-order valence-electron chi connectivity index (χ2n) is 7.69. The van der Waals surface area contributed by atoms with Crippen LogP contribution in [0, 0.1) is 13.8 Å². The number of hydrogen-bond donors (Lipinski definition) is 1. The molecule has 8 heteroatoms. The van der Waals surface area contributed by atoms with Crippen LogP contribution < -0.4 is 5.32 Å². The van der Waals surface area contributed by atoms with Crippen LogP contribution >= 0.6 is 23.2 Å². The van der Waals surface area contributed by atoms with Crippen LogP contribution in [0.2, 0.25) is 10.0 Å². The average molecular weight is 451 g/mol. The van der Waals surface area contributed by atoms with Gasteiger partial charge in [-0.15, -0.1) is 0 Å². The molecule has 31 heavy (non-hydrogen) atoms. The molecule has 6 nitrogen and oxygen atoms in total. The van der Waals surface area contributed by atoms with Crippen LogP contribution in [0.1, 0.15) is 35.6 Å². The van der Waals surface area contributed by atoms with Gasteiger partial charge in [0.15, 0.2) is 5.82 Å². The van der Waals surface area contributed by atoms with Crippen molar-refractivity contribution in [1.82, 2.24) is 24.5 Å². The molecule has 0 fully saturated rings. The van der Waals surface area contributed by atoms with E-state index in [9.17, 15) is 0 Å². The Balaban J connectivity index is 1.72. The molecule has 0 aliphatic carbocycles. The summed E-state index contributed by atoms with van der Waals surface area (Å²) in [6.45, 7) is 6.08. The molecule has 2 aromatic heterocycles. The smallest absolute Gasteiger partial charge is 0.163 e. The normalized spacial score (nSPS) is 15.7. The second kappa shape index (κ2) is 7.55. The highest BCUT2D eigenvalue weighted by Crippen LogP contribution is 2.42. The van der Waals surface area contributed by atoms with Crippen molar-refractivity contribution in [3.63, 3.8) is 0 Å². The van der Waals surface area contributed by atoms with Crippen LogP contribution in [0.5, 0.6) is 0 Å². The van der Waals surface area contributed by atoms with Gasteiger partial charge in [-0.3, -0.25) is 0 Å². The number of rotatable bonds is 3. The molecule has 0 unspecified atom stereocenters. The summed E-state index contributed by atoms with van der Waals surface area (Å²) in [6.07, 6.45) is 1.57. The molecule has 0 bridgehead atoms. The van der Waals surface area contributed by atoms with E-state index in [-0.39, 0.29) is 6.04 Å². The first kappa shape index (κ1) is 19.8. The van der Waals surface area contributed by atoms with Crippen molar-refractivity contribution in [3.8, 4) is 5.69 Å². The molecule has 0 spiro atoms. The maximum atomic E-state index is 6.39. The predicted octanol–water partition coefficient (Wildman–Crippen LogP) is 5.83. The first-order valence-corrected chi connectivity index (χ1v) is 10.6. The van der Waals surface area contributed by atoms with Crippen molar-refractivity contribution < 1.29 is 0 Å². The average Bonchev–Trinajstić information content (AvgIpc) is 3.35. The number of aromatic nitrogens is 5. The fourth-order valence-electron chi connectivity index (χ4n) is 3.97. The first-order chi connectivity index (χ1) is 14.9. The molecule has 2 aromatic carbocycles. The fraction of sp³-hybridized carbons (Fsp3) is 0.174. The lowest BCUT2D eigenvalue weighted by atomic mass is 9.94. The van der Waals surface area contributed by atoms with E-state index in [0.717, 1.165) is 39.9 Å². The topological polar surface area (TPSA) is 60.6 Å². The highest BCUT2D eigenvalue weighted by molar-refractivity contribution is 6.42. The Kier molecular flexibility index (Phi) is 4.84. The molecule has 3 heterocycles. The maximum Gasteiger partial charge on any atom is 0.163 e. The molecule has 4 aromatic rings. The lowest BCUT2D eigenvalue weighted by Gasteiger charge is -2.30. The van der Waals surface area contributed by atoms with Crippen LogP contribution in [0.25, 0.3) is 11.3 Å². The minimum atomic E-state index is -0.242. The van der Waals surface area contributed by atoms with Gasteiger partial charge >= 0.3 is 0 Å². The highest BCUT2D eigenvalue weighted by Gasteiger charge is 2.33. The van der Waals surface area contributed by atoms with Gasteiger partial charge in [0.05, 0.1) is 21.4 Å². The molecule has 0 saturated heterocycles. The number of hydrogen-bond acceptors (Lipinski definition) is 4. The molecule has 0 radical (unpaired) electrons. The number of anilines is 1. The van der Waals surface area contributed by atoms with Crippen molar-refractivity contribution in [2.24, 2.45) is 0 Å². The van der Waals surface area contributed by atoms with Gasteiger partial charge in [-0.2, -0.15) is 10.2 Å². The Hall–Kier alpha value is -3.09. The number of allylic oxidation sites excluding steroid dienone is 2. The Morgan fingerprint density at radius 2 is 1.71 bits per heavy atom. The summed E-state index contributed by atoms with van der Waals surface area (Å²) in [4.78, 5) is 4.64. The molecule has 0 saturated carbocycles. The number of benzene rings is 2. The van der Waals surface area contributed by atoms with Gasteiger partial charge in [0, 0.05) is 17.3 Å². The van der Waals surface area contributed by atoms with Crippen molar-refractivity contribution in [3.05, 3.63) is 93.2 Å². The summed E-state index contributed by atoms with van der Waals surface area (Å²) in [7, 11) is 0. The standard InChI is InChI=1S/C23H20Cl2N6/c1-13-4-7-17(8-5-13)30-23(26-12-27-30)21-15(3)28-20-10-14(2)29-31(20)22(21)16-6-9-18(24)19(25)11-16/h4-12,22,28H,1-3H3/t22-/m1/s1. The Labute approximate surface area is 190 Å². The van der Waals surface area contributed by atoms with E-state index in [1.54, 1.807) is 6.33 Å². The van der Waals surface area contributed by atoms with E-state index in [4.69, 9.17) is 28.3 Å². The van der Waals surface area contributed by atoms with Crippen molar-refractivity contribution >= 4 is 34.6 Å². The van der Waals surface area contributed by atoms with Crippen LogP contribution in [-0.4, -0.2) is 24.5 Å². The summed E-state index contributed by atoms with van der Waals surface area (Å²) in [5, 5.41) is 13.8. The van der Waals surface area contributed by atoms with E-state index >= 15 is 0 Å². The number of nitrogens with one attached hydrogen (secondary N) is 1. The SMILES string of the molecule is CC1=C(c2ncnn2-c2ccc(C)cc2)[C@@H](c2ccc(Cl)c(Cl)c2)n2nc(C)cc2N1. The molecular formula is C23H20Cl2N6. The van der Waals surface area contributed by atoms with E-state index < -0.39 is 0 Å². The zero-order valence-electron chi connectivity index (χ0n) is 17.3. The third kappa shape index (κ3) is 3.42. The molecule has 5 rings (SSSR count). The van der Waals surface area contributed by atoms with Crippen molar-refractivity contribution in [1.29, 1.82) is 0 Å². The Morgan fingerprint density at radius 1 is 0.935 bits per heavy atom. The van der Waals surface area contributed by atoms with Crippen LogP contribution in [0.15, 0.2) is 60.6 Å². The third-order valence-electron chi connectivity index (χ3n) is 5.42. The monoisotopic (exact) mass is 450 g/mol. The van der Waals surface area contributed by atoms with Gasteiger partial charge in [-0.05, 0) is 50.6 Å². The molecule has 156 valence electrons. The van der Waals surface area contributed by atoms with Gasteiger partial charge in [0.2, 0.25) is 0 Å². The quantitative estimate of drug-likeness (QED) is 0.426. The van der Waals surface area contributed by atoms with E-state index in [2.05, 4.69) is 34.5 Å². The zero-order chi connectivity index (χ0) is 21.7. The van der Waals surface area contributed by atoms with Crippen LogP contribution in [-0.2, 0) is 0 Å². The van der Waals surface area contributed by atoms with Crippen molar-refractivity contribution in [2.45, 2.75) is 26.8 Å². The third-order valence-corrected chi connectivity index (χ3v) is 6.16. The zero-order valence-corrected chi connectivity index (χ0v) is 18.8. The van der Waals surface area contributed by atoms with Gasteiger partial charge in [0.1, 0.15) is 18.2 Å². The van der Waals surface area contributed by atoms with Gasteiger partial charge in [-0.1, -0.05) is 47.0 Å². The predicted molar refractivity (Wildman–Crippen MR) is 124 cm³/mol. The summed E-state index contributed by atoms with van der Waals surface area (Å²) >= 11 is 12.6. The fourth-order valence-corrected chi connectivity index (χ4v) is 4.28. The number of halogens is 2. The first-order valence-electron chi connectivity index (χ1n) is 9.88. The lowest BCUT2D eigenvalue weighted by molar-refractivity contribution is 0.608. The molecular weight excluding hydrogens is 431 g/mol. The maximum absolute atomic E-state index is 6.39. The van der Waals surface area contributed by atoms with E-state index in [1.807, 2.05) is 59.6 Å². The summed E-state index contributed by atoms with van der Waals surface area (Å²) in [6, 6.07) is 15.7. The van der Waals surface area contributed by atoms with Crippen LogP contribution in [0.4, 0.5) is 5.82 Å².